The molecule has 0 atom stereocenters. The fourth-order valence-corrected chi connectivity index (χ4v) is 3.11. The number of likely N-dealkylation sites (N-methyl/N-ethyl adjacent to an activating group) is 2. The van der Waals surface area contributed by atoms with Crippen LogP contribution in [0.3, 0.4) is 0 Å². The summed E-state index contributed by atoms with van der Waals surface area (Å²) < 4.78 is 13.0. The van der Waals surface area contributed by atoms with Crippen LogP contribution in [0.2, 0.25) is 0 Å². The van der Waals surface area contributed by atoms with Gasteiger partial charge in [0.05, 0.1) is 4.88 Å². The maximum absolute atomic E-state index is 13.0. The zero-order valence-electron chi connectivity index (χ0n) is 12.9. The van der Waals surface area contributed by atoms with Crippen molar-refractivity contribution in [1.82, 2.24) is 10.2 Å². The minimum Gasteiger partial charge on any atom is -0.340 e. The van der Waals surface area contributed by atoms with Gasteiger partial charge in [-0.25, -0.2) is 4.39 Å². The van der Waals surface area contributed by atoms with Gasteiger partial charge in [-0.1, -0.05) is 12.1 Å². The molecule has 0 aliphatic rings. The molecule has 1 aromatic heterocycles. The number of hydrogen-bond acceptors (Lipinski definition) is 3. The standard InChI is InChI=1S/C16H19FN2OS.ClH/c1-11-14(12-4-6-13(17)7-5-12)10-15(21-11)16(20)19(3)9-8-18-2;/h4-7,10,18H,8-9H2,1-3H3;1H. The molecule has 0 bridgehead atoms. The van der Waals surface area contributed by atoms with E-state index < -0.39 is 0 Å². The minimum absolute atomic E-state index is 0. The first-order chi connectivity index (χ1) is 10.0. The van der Waals surface area contributed by atoms with Gasteiger partial charge in [0.2, 0.25) is 0 Å². The summed E-state index contributed by atoms with van der Waals surface area (Å²) in [5, 5.41) is 3.03. The summed E-state index contributed by atoms with van der Waals surface area (Å²) >= 11 is 1.48. The van der Waals surface area contributed by atoms with E-state index >= 15 is 0 Å². The van der Waals surface area contributed by atoms with Crippen molar-refractivity contribution in [3.05, 3.63) is 45.9 Å². The van der Waals surface area contributed by atoms with Gasteiger partial charge in [-0.3, -0.25) is 4.79 Å². The van der Waals surface area contributed by atoms with Crippen LogP contribution in [-0.2, 0) is 0 Å². The van der Waals surface area contributed by atoms with Crippen molar-refractivity contribution >= 4 is 29.7 Å². The SMILES string of the molecule is CNCCN(C)C(=O)c1cc(-c2ccc(F)cc2)c(C)s1.Cl. The van der Waals surface area contributed by atoms with Crippen LogP contribution in [0.5, 0.6) is 0 Å². The van der Waals surface area contributed by atoms with E-state index in [9.17, 15) is 9.18 Å². The molecule has 0 spiro atoms. The summed E-state index contributed by atoms with van der Waals surface area (Å²) in [6, 6.07) is 8.25. The highest BCUT2D eigenvalue weighted by Gasteiger charge is 2.16. The highest BCUT2D eigenvalue weighted by Crippen LogP contribution is 2.31. The van der Waals surface area contributed by atoms with Crippen LogP contribution in [0.1, 0.15) is 14.5 Å². The predicted molar refractivity (Wildman–Crippen MR) is 92.6 cm³/mol. The molecule has 0 fully saturated rings. The maximum atomic E-state index is 13.0. The maximum Gasteiger partial charge on any atom is 0.263 e. The number of thiophene rings is 1. The van der Waals surface area contributed by atoms with Crippen LogP contribution < -0.4 is 5.32 Å². The van der Waals surface area contributed by atoms with Crippen LogP contribution in [0.25, 0.3) is 11.1 Å². The molecule has 0 radical (unpaired) electrons. The van der Waals surface area contributed by atoms with Gasteiger partial charge in [0.25, 0.3) is 5.91 Å². The first-order valence-electron chi connectivity index (χ1n) is 6.79. The van der Waals surface area contributed by atoms with Gasteiger partial charge in [-0.05, 0) is 43.3 Å². The van der Waals surface area contributed by atoms with Crippen LogP contribution in [0.4, 0.5) is 4.39 Å². The summed E-state index contributed by atoms with van der Waals surface area (Å²) in [6.45, 7) is 3.41. The summed E-state index contributed by atoms with van der Waals surface area (Å²) in [5.41, 5.74) is 1.92. The number of aryl methyl sites for hydroxylation is 1. The van der Waals surface area contributed by atoms with Crippen LogP contribution in [0, 0.1) is 12.7 Å². The summed E-state index contributed by atoms with van der Waals surface area (Å²) in [4.78, 5) is 15.8. The Kier molecular flexibility index (Phi) is 7.00. The summed E-state index contributed by atoms with van der Waals surface area (Å²) in [7, 11) is 3.66. The third-order valence-corrected chi connectivity index (χ3v) is 4.37. The predicted octanol–water partition coefficient (Wildman–Crippen LogP) is 3.58. The van der Waals surface area contributed by atoms with Gasteiger partial charge in [0, 0.05) is 25.0 Å². The lowest BCUT2D eigenvalue weighted by molar-refractivity contribution is 0.0801. The molecule has 0 aliphatic carbocycles. The minimum atomic E-state index is -0.255. The number of amides is 1. The number of carbonyl (C=O) groups excluding carboxylic acids is 1. The van der Waals surface area contributed by atoms with Gasteiger partial charge in [0.15, 0.2) is 0 Å². The molecule has 0 saturated carbocycles. The summed E-state index contributed by atoms with van der Waals surface area (Å²) in [6.07, 6.45) is 0. The fourth-order valence-electron chi connectivity index (χ4n) is 2.07. The van der Waals surface area contributed by atoms with E-state index in [1.165, 1.54) is 23.5 Å². The summed E-state index contributed by atoms with van der Waals surface area (Å²) in [5.74, 6) is -0.235. The number of hydrogen-bond donors (Lipinski definition) is 1. The first kappa shape index (κ1) is 18.6. The highest BCUT2D eigenvalue weighted by molar-refractivity contribution is 7.14. The number of nitrogens with one attached hydrogen (secondary N) is 1. The van der Waals surface area contributed by atoms with E-state index in [-0.39, 0.29) is 24.1 Å². The van der Waals surface area contributed by atoms with Gasteiger partial charge in [0.1, 0.15) is 5.82 Å². The Labute approximate surface area is 140 Å². The topological polar surface area (TPSA) is 32.3 Å². The lowest BCUT2D eigenvalue weighted by Crippen LogP contribution is -2.32. The van der Waals surface area contributed by atoms with E-state index in [1.54, 1.807) is 24.1 Å². The van der Waals surface area contributed by atoms with Crippen molar-refractivity contribution in [3.63, 3.8) is 0 Å². The van der Waals surface area contributed by atoms with Gasteiger partial charge in [-0.15, -0.1) is 23.7 Å². The lowest BCUT2D eigenvalue weighted by atomic mass is 10.1. The number of rotatable bonds is 5. The molecule has 0 aliphatic heterocycles. The molecule has 2 rings (SSSR count). The molecule has 3 nitrogen and oxygen atoms in total. The van der Waals surface area contributed by atoms with Crippen molar-refractivity contribution in [1.29, 1.82) is 0 Å². The molecular formula is C16H20ClFN2OS. The quantitative estimate of drug-likeness (QED) is 0.900. The molecule has 22 heavy (non-hydrogen) atoms. The second-order valence-electron chi connectivity index (χ2n) is 4.92. The number of halogens is 2. The second kappa shape index (κ2) is 8.27. The van der Waals surface area contributed by atoms with E-state index in [0.717, 1.165) is 22.5 Å². The van der Waals surface area contributed by atoms with E-state index in [4.69, 9.17) is 0 Å². The highest BCUT2D eigenvalue weighted by atomic mass is 35.5. The Balaban J connectivity index is 0.00000242. The van der Waals surface area contributed by atoms with Crippen LogP contribution in [-0.4, -0.2) is 38.0 Å². The number of benzene rings is 1. The molecule has 6 heteroatoms. The Hall–Kier alpha value is -1.43. The van der Waals surface area contributed by atoms with Gasteiger partial charge >= 0.3 is 0 Å². The molecular weight excluding hydrogens is 323 g/mol. The fraction of sp³-hybridized carbons (Fsp3) is 0.312. The van der Waals surface area contributed by atoms with Gasteiger partial charge in [-0.2, -0.15) is 0 Å². The van der Waals surface area contributed by atoms with Crippen molar-refractivity contribution in [3.8, 4) is 11.1 Å². The van der Waals surface area contributed by atoms with Crippen LogP contribution >= 0.6 is 23.7 Å². The number of carbonyl (C=O) groups is 1. The van der Waals surface area contributed by atoms with E-state index in [0.29, 0.717) is 11.4 Å². The molecule has 0 unspecified atom stereocenters. The van der Waals surface area contributed by atoms with E-state index in [2.05, 4.69) is 5.32 Å². The molecule has 0 saturated heterocycles. The molecule has 120 valence electrons. The lowest BCUT2D eigenvalue weighted by Gasteiger charge is -2.15. The Morgan fingerprint density at radius 2 is 1.95 bits per heavy atom. The molecule has 2 aromatic rings. The van der Waals surface area contributed by atoms with E-state index in [1.807, 2.05) is 20.0 Å². The third-order valence-electron chi connectivity index (χ3n) is 3.33. The zero-order chi connectivity index (χ0) is 15.4. The average Bonchev–Trinajstić information content (AvgIpc) is 2.86. The Morgan fingerprint density at radius 3 is 2.55 bits per heavy atom. The largest absolute Gasteiger partial charge is 0.340 e. The van der Waals surface area contributed by atoms with Gasteiger partial charge < -0.3 is 10.2 Å². The zero-order valence-corrected chi connectivity index (χ0v) is 14.5. The van der Waals surface area contributed by atoms with Crippen molar-refractivity contribution in [2.75, 3.05) is 27.2 Å². The first-order valence-corrected chi connectivity index (χ1v) is 7.61. The second-order valence-corrected chi connectivity index (χ2v) is 6.17. The Morgan fingerprint density at radius 1 is 1.32 bits per heavy atom. The van der Waals surface area contributed by atoms with Crippen molar-refractivity contribution in [2.24, 2.45) is 0 Å². The Bertz CT molecular complexity index is 628. The monoisotopic (exact) mass is 342 g/mol. The molecule has 1 aromatic carbocycles. The van der Waals surface area contributed by atoms with Crippen LogP contribution in [0.15, 0.2) is 30.3 Å². The molecule has 1 heterocycles. The smallest absolute Gasteiger partial charge is 0.263 e. The molecule has 1 amide bonds. The third kappa shape index (κ3) is 4.29. The average molecular weight is 343 g/mol. The normalized spacial score (nSPS) is 10.2. The number of nitrogens with zero attached hydrogens (tertiary/aromatic N) is 1. The molecule has 1 N–H and O–H groups in total. The van der Waals surface area contributed by atoms with Crippen molar-refractivity contribution in [2.45, 2.75) is 6.92 Å². The van der Waals surface area contributed by atoms with Crippen molar-refractivity contribution < 1.29 is 9.18 Å².